The molecule has 1 heterocycles. The average molecular weight is 543 g/mol. The van der Waals surface area contributed by atoms with E-state index < -0.39 is 29.2 Å². The van der Waals surface area contributed by atoms with Crippen molar-refractivity contribution >= 4 is 29.3 Å². The van der Waals surface area contributed by atoms with E-state index in [9.17, 15) is 9.59 Å². The number of aromatic nitrogens is 2. The lowest BCUT2D eigenvalue weighted by molar-refractivity contribution is -0.116. The SMILES string of the molecule is CC(OC(=O)Nc1c(-c2cc(Cl)c(-c3ccc(C4(C(=O)C#N)CC4)cc3)cc2F)cnn1C)c1ccccc1. The number of ether oxygens (including phenoxy) is 1. The number of halogens is 2. The van der Waals surface area contributed by atoms with Crippen LogP contribution >= 0.6 is 11.6 Å². The minimum absolute atomic E-state index is 0.163. The first-order valence-electron chi connectivity index (χ1n) is 12.3. The topological polar surface area (TPSA) is 97.0 Å². The third-order valence-corrected chi connectivity index (χ3v) is 7.41. The summed E-state index contributed by atoms with van der Waals surface area (Å²) in [4.78, 5) is 24.7. The molecule has 0 spiro atoms. The highest BCUT2D eigenvalue weighted by molar-refractivity contribution is 6.33. The fourth-order valence-corrected chi connectivity index (χ4v) is 4.96. The van der Waals surface area contributed by atoms with Crippen molar-refractivity contribution in [2.45, 2.75) is 31.3 Å². The Bertz CT molecular complexity index is 1610. The largest absolute Gasteiger partial charge is 0.441 e. The van der Waals surface area contributed by atoms with Crippen molar-refractivity contribution in [1.29, 1.82) is 5.26 Å². The molecule has 0 saturated heterocycles. The van der Waals surface area contributed by atoms with Crippen molar-refractivity contribution in [2.75, 3.05) is 5.32 Å². The summed E-state index contributed by atoms with van der Waals surface area (Å²) in [6.45, 7) is 1.76. The smallest absolute Gasteiger partial charge is 0.413 e. The summed E-state index contributed by atoms with van der Waals surface area (Å²) in [5, 5.41) is 16.2. The fraction of sp³-hybridized carbons (Fsp3) is 0.200. The minimum atomic E-state index is -0.726. The van der Waals surface area contributed by atoms with Gasteiger partial charge in [-0.3, -0.25) is 14.8 Å². The van der Waals surface area contributed by atoms with Gasteiger partial charge in [0.1, 0.15) is 23.8 Å². The van der Waals surface area contributed by atoms with Gasteiger partial charge in [-0.1, -0.05) is 66.2 Å². The van der Waals surface area contributed by atoms with Gasteiger partial charge in [-0.2, -0.15) is 10.4 Å². The van der Waals surface area contributed by atoms with E-state index in [2.05, 4.69) is 10.4 Å². The summed E-state index contributed by atoms with van der Waals surface area (Å²) in [6.07, 6.45) is 1.53. The van der Waals surface area contributed by atoms with Gasteiger partial charge in [-0.25, -0.2) is 9.18 Å². The Morgan fingerprint density at radius 1 is 1.10 bits per heavy atom. The summed E-state index contributed by atoms with van der Waals surface area (Å²) in [5.41, 5.74) is 2.52. The summed E-state index contributed by atoms with van der Waals surface area (Å²) < 4.78 is 22.4. The van der Waals surface area contributed by atoms with Crippen LogP contribution in [0.1, 0.15) is 37.0 Å². The molecule has 1 aromatic heterocycles. The number of hydrogen-bond acceptors (Lipinski definition) is 5. The number of carbonyl (C=O) groups is 2. The highest BCUT2D eigenvalue weighted by Gasteiger charge is 2.51. The second kappa shape index (κ2) is 10.4. The van der Waals surface area contributed by atoms with Gasteiger partial charge in [0, 0.05) is 28.8 Å². The Hall–Kier alpha value is -4.48. The number of benzene rings is 3. The zero-order valence-electron chi connectivity index (χ0n) is 21.2. The second-order valence-electron chi connectivity index (χ2n) is 9.53. The molecule has 1 N–H and O–H groups in total. The molecule has 4 aromatic rings. The number of carbonyl (C=O) groups excluding carboxylic acids is 2. The van der Waals surface area contributed by atoms with Crippen molar-refractivity contribution in [3.63, 3.8) is 0 Å². The van der Waals surface area contributed by atoms with Crippen LogP contribution in [-0.4, -0.2) is 21.7 Å². The van der Waals surface area contributed by atoms with Crippen LogP contribution in [0, 0.1) is 17.1 Å². The number of ketones is 1. The van der Waals surface area contributed by atoms with Gasteiger partial charge in [0.2, 0.25) is 5.78 Å². The van der Waals surface area contributed by atoms with E-state index >= 15 is 4.39 Å². The summed E-state index contributed by atoms with van der Waals surface area (Å²) >= 11 is 6.60. The predicted octanol–water partition coefficient (Wildman–Crippen LogP) is 6.98. The fourth-order valence-electron chi connectivity index (χ4n) is 4.68. The van der Waals surface area contributed by atoms with Crippen LogP contribution in [0.3, 0.4) is 0 Å². The highest BCUT2D eigenvalue weighted by Crippen LogP contribution is 2.49. The van der Waals surface area contributed by atoms with E-state index in [1.165, 1.54) is 23.0 Å². The summed E-state index contributed by atoms with van der Waals surface area (Å²) in [7, 11) is 1.62. The Kier molecular flexibility index (Phi) is 6.94. The Balaban J connectivity index is 1.38. The second-order valence-corrected chi connectivity index (χ2v) is 9.93. The molecule has 1 fully saturated rings. The third-order valence-electron chi connectivity index (χ3n) is 7.09. The van der Waals surface area contributed by atoms with E-state index in [1.807, 2.05) is 30.3 Å². The van der Waals surface area contributed by atoms with Gasteiger partial charge < -0.3 is 4.74 Å². The van der Waals surface area contributed by atoms with E-state index in [1.54, 1.807) is 44.3 Å². The van der Waals surface area contributed by atoms with Crippen molar-refractivity contribution < 1.29 is 18.7 Å². The molecule has 0 bridgehead atoms. The molecule has 0 aliphatic heterocycles. The molecule has 1 saturated carbocycles. The van der Waals surface area contributed by atoms with Gasteiger partial charge in [0.25, 0.3) is 0 Å². The van der Waals surface area contributed by atoms with Crippen LogP contribution in [0.4, 0.5) is 15.0 Å². The standard InChI is InChI=1S/C30H24ClFN4O3/c1-18(19-6-4-3-5-7-19)39-29(38)35-28-24(17-34-36(28)2)23-14-25(31)22(15-26(23)32)20-8-10-21(11-9-20)30(12-13-30)27(37)16-33/h3-11,14-15,17-18H,12-13H2,1-2H3,(H,35,38). The molecule has 1 atom stereocenters. The van der Waals surface area contributed by atoms with E-state index in [0.29, 0.717) is 34.6 Å². The van der Waals surface area contributed by atoms with Gasteiger partial charge in [0.15, 0.2) is 0 Å². The molecule has 5 rings (SSSR count). The monoisotopic (exact) mass is 542 g/mol. The van der Waals surface area contributed by atoms with Crippen LogP contribution < -0.4 is 5.32 Å². The molecule has 1 unspecified atom stereocenters. The first-order chi connectivity index (χ1) is 18.7. The quantitative estimate of drug-likeness (QED) is 0.254. The van der Waals surface area contributed by atoms with E-state index in [4.69, 9.17) is 21.6 Å². The van der Waals surface area contributed by atoms with Crippen molar-refractivity contribution in [3.05, 3.63) is 94.9 Å². The Labute approximate surface area is 229 Å². The van der Waals surface area contributed by atoms with Gasteiger partial charge in [0.05, 0.1) is 11.6 Å². The van der Waals surface area contributed by atoms with Crippen molar-refractivity contribution in [1.82, 2.24) is 9.78 Å². The van der Waals surface area contributed by atoms with Crippen LogP contribution in [0.2, 0.25) is 5.02 Å². The number of aryl methyl sites for hydroxylation is 1. The van der Waals surface area contributed by atoms with Gasteiger partial charge in [-0.15, -0.1) is 0 Å². The maximum atomic E-state index is 15.5. The van der Waals surface area contributed by atoms with Gasteiger partial charge >= 0.3 is 6.09 Å². The molecule has 39 heavy (non-hydrogen) atoms. The lowest BCUT2D eigenvalue weighted by atomic mass is 9.90. The lowest BCUT2D eigenvalue weighted by Crippen LogP contribution is -2.18. The van der Waals surface area contributed by atoms with Crippen LogP contribution in [-0.2, 0) is 22.0 Å². The number of nitrogens with zero attached hydrogens (tertiary/aromatic N) is 3. The first kappa shape index (κ1) is 26.1. The molecule has 0 radical (unpaired) electrons. The van der Waals surface area contributed by atoms with Crippen LogP contribution in [0.5, 0.6) is 0 Å². The molecule has 7 nitrogen and oxygen atoms in total. The molecule has 9 heteroatoms. The number of nitriles is 1. The maximum Gasteiger partial charge on any atom is 0.413 e. The normalized spacial score (nSPS) is 14.2. The van der Waals surface area contributed by atoms with E-state index in [-0.39, 0.29) is 11.4 Å². The molecular formula is C30H24ClFN4O3. The average Bonchev–Trinajstić information content (AvgIpc) is 3.69. The minimum Gasteiger partial charge on any atom is -0.441 e. The van der Waals surface area contributed by atoms with Crippen LogP contribution in [0.25, 0.3) is 22.3 Å². The number of rotatable bonds is 7. The summed E-state index contributed by atoms with van der Waals surface area (Å²) in [5.74, 6) is -0.744. The number of hydrogen-bond donors (Lipinski definition) is 1. The third kappa shape index (κ3) is 5.01. The zero-order chi connectivity index (χ0) is 27.7. The molecule has 3 aromatic carbocycles. The highest BCUT2D eigenvalue weighted by atomic mass is 35.5. The molecule has 1 aliphatic carbocycles. The first-order valence-corrected chi connectivity index (χ1v) is 12.7. The lowest BCUT2D eigenvalue weighted by Gasteiger charge is -2.16. The van der Waals surface area contributed by atoms with Gasteiger partial charge in [-0.05, 0) is 48.6 Å². The molecule has 1 amide bonds. The van der Waals surface area contributed by atoms with E-state index in [0.717, 1.165) is 11.1 Å². The number of anilines is 1. The Morgan fingerprint density at radius 2 is 1.79 bits per heavy atom. The maximum absolute atomic E-state index is 15.5. The number of nitrogens with one attached hydrogen (secondary N) is 1. The Morgan fingerprint density at radius 3 is 2.44 bits per heavy atom. The zero-order valence-corrected chi connectivity index (χ0v) is 22.0. The number of Topliss-reactive ketones (excluding diaryl/α,β-unsaturated/α-hetero) is 1. The predicted molar refractivity (Wildman–Crippen MR) is 146 cm³/mol. The summed E-state index contributed by atoms with van der Waals surface area (Å²) in [6, 6.07) is 20.9. The molecule has 1 aliphatic rings. The molecular weight excluding hydrogens is 519 g/mol. The van der Waals surface area contributed by atoms with Crippen molar-refractivity contribution in [2.24, 2.45) is 7.05 Å². The van der Waals surface area contributed by atoms with Crippen molar-refractivity contribution in [3.8, 4) is 28.3 Å². The molecule has 196 valence electrons. The number of amides is 1. The van der Waals surface area contributed by atoms with Crippen LogP contribution in [0.15, 0.2) is 72.9 Å².